The topological polar surface area (TPSA) is 24.1 Å². The quantitative estimate of drug-likeness (QED) is 0.494. The number of benzene rings is 1. The van der Waals surface area contributed by atoms with Gasteiger partial charge in [-0.1, -0.05) is 19.1 Å². The zero-order valence-electron chi connectivity index (χ0n) is 7.81. The minimum absolute atomic E-state index is 0.886. The number of hydrogen-bond acceptors (Lipinski definition) is 2. The van der Waals surface area contributed by atoms with Gasteiger partial charge in [0.2, 0.25) is 0 Å². The maximum Gasteiger partial charge on any atom is 0.0351 e. The summed E-state index contributed by atoms with van der Waals surface area (Å²) in [6, 6.07) is 8.49. The summed E-state index contributed by atoms with van der Waals surface area (Å²) >= 11 is 2.33. The number of hydrogen-bond donors (Lipinski definition) is 2. The molecule has 0 amide bonds. The first-order valence-corrected chi connectivity index (χ1v) is 5.61. The van der Waals surface area contributed by atoms with E-state index in [4.69, 9.17) is 0 Å². The van der Waals surface area contributed by atoms with Crippen molar-refractivity contribution in [3.05, 3.63) is 33.4 Å². The van der Waals surface area contributed by atoms with Crippen molar-refractivity contribution in [2.24, 2.45) is 0 Å². The van der Waals surface area contributed by atoms with E-state index in [0.29, 0.717) is 0 Å². The fourth-order valence-electron chi connectivity index (χ4n) is 1.02. The summed E-state index contributed by atoms with van der Waals surface area (Å²) in [4.78, 5) is 0. The van der Waals surface area contributed by atoms with Crippen LogP contribution in [0.2, 0.25) is 0 Å². The number of halogens is 1. The fraction of sp³-hybridized carbons (Fsp3) is 0.400. The van der Waals surface area contributed by atoms with Crippen molar-refractivity contribution in [2.75, 3.05) is 6.54 Å². The van der Waals surface area contributed by atoms with Crippen LogP contribution >= 0.6 is 22.6 Å². The van der Waals surface area contributed by atoms with Crippen LogP contribution < -0.4 is 10.9 Å². The van der Waals surface area contributed by atoms with Gasteiger partial charge in [0, 0.05) is 16.7 Å². The molecule has 0 aliphatic rings. The lowest BCUT2D eigenvalue weighted by Crippen LogP contribution is -2.31. The van der Waals surface area contributed by atoms with Gasteiger partial charge in [0.25, 0.3) is 0 Å². The number of hydrazine groups is 1. The van der Waals surface area contributed by atoms with Crippen molar-refractivity contribution in [1.29, 1.82) is 0 Å². The van der Waals surface area contributed by atoms with Gasteiger partial charge < -0.3 is 0 Å². The molecule has 13 heavy (non-hydrogen) atoms. The molecule has 0 aromatic heterocycles. The molecule has 0 unspecified atom stereocenters. The fourth-order valence-corrected chi connectivity index (χ4v) is 1.63. The molecular formula is C10H15IN2. The minimum atomic E-state index is 0.886. The highest BCUT2D eigenvalue weighted by Gasteiger charge is 1.91. The van der Waals surface area contributed by atoms with Crippen LogP contribution in [0.4, 0.5) is 0 Å². The predicted molar refractivity (Wildman–Crippen MR) is 64.3 cm³/mol. The summed E-state index contributed by atoms with van der Waals surface area (Å²) in [6.07, 6.45) is 1.15. The molecule has 0 aliphatic heterocycles. The van der Waals surface area contributed by atoms with Gasteiger partial charge in [-0.25, -0.2) is 0 Å². The zero-order chi connectivity index (χ0) is 9.52. The van der Waals surface area contributed by atoms with Gasteiger partial charge in [0.05, 0.1) is 0 Å². The molecule has 2 N–H and O–H groups in total. The van der Waals surface area contributed by atoms with Crippen LogP contribution in [0.5, 0.6) is 0 Å². The maximum absolute atomic E-state index is 3.18. The van der Waals surface area contributed by atoms with Crippen molar-refractivity contribution < 1.29 is 0 Å². The Morgan fingerprint density at radius 2 is 2.15 bits per heavy atom. The molecule has 0 saturated heterocycles. The smallest absolute Gasteiger partial charge is 0.0351 e. The van der Waals surface area contributed by atoms with Crippen LogP contribution in [-0.4, -0.2) is 6.54 Å². The van der Waals surface area contributed by atoms with Crippen LogP contribution in [0.25, 0.3) is 0 Å². The Hall–Kier alpha value is -0.130. The highest BCUT2D eigenvalue weighted by Crippen LogP contribution is 2.06. The minimum Gasteiger partial charge on any atom is -0.258 e. The molecule has 0 spiro atoms. The van der Waals surface area contributed by atoms with Crippen LogP contribution in [0.15, 0.2) is 24.3 Å². The van der Waals surface area contributed by atoms with Gasteiger partial charge in [-0.3, -0.25) is 10.9 Å². The van der Waals surface area contributed by atoms with Crippen LogP contribution in [-0.2, 0) is 6.54 Å². The Morgan fingerprint density at radius 1 is 1.31 bits per heavy atom. The zero-order valence-corrected chi connectivity index (χ0v) is 9.97. The van der Waals surface area contributed by atoms with Crippen molar-refractivity contribution in [3.63, 3.8) is 0 Å². The van der Waals surface area contributed by atoms with Crippen molar-refractivity contribution in [1.82, 2.24) is 10.9 Å². The van der Waals surface area contributed by atoms with Crippen LogP contribution in [0.1, 0.15) is 18.9 Å². The van der Waals surface area contributed by atoms with E-state index in [9.17, 15) is 0 Å². The molecule has 0 bridgehead atoms. The van der Waals surface area contributed by atoms with E-state index in [1.807, 2.05) is 0 Å². The highest BCUT2D eigenvalue weighted by atomic mass is 127. The molecule has 1 aromatic rings. The van der Waals surface area contributed by atoms with Crippen molar-refractivity contribution in [2.45, 2.75) is 19.9 Å². The van der Waals surface area contributed by atoms with E-state index in [1.165, 1.54) is 9.13 Å². The lowest BCUT2D eigenvalue weighted by molar-refractivity contribution is 0.528. The molecule has 0 aliphatic carbocycles. The molecule has 72 valence electrons. The maximum atomic E-state index is 3.18. The van der Waals surface area contributed by atoms with E-state index >= 15 is 0 Å². The highest BCUT2D eigenvalue weighted by molar-refractivity contribution is 14.1. The molecular weight excluding hydrogens is 275 g/mol. The van der Waals surface area contributed by atoms with Gasteiger partial charge in [-0.2, -0.15) is 0 Å². The summed E-state index contributed by atoms with van der Waals surface area (Å²) in [5.41, 5.74) is 7.64. The van der Waals surface area contributed by atoms with E-state index in [2.05, 4.69) is 64.6 Å². The average Bonchev–Trinajstić information content (AvgIpc) is 2.13. The SMILES string of the molecule is CCCNNCc1cccc(I)c1. The van der Waals surface area contributed by atoms with Gasteiger partial charge in [-0.15, -0.1) is 0 Å². The first-order valence-electron chi connectivity index (χ1n) is 4.53. The second-order valence-electron chi connectivity index (χ2n) is 2.91. The second kappa shape index (κ2) is 6.34. The molecule has 3 heteroatoms. The molecule has 0 fully saturated rings. The third-order valence-electron chi connectivity index (χ3n) is 1.68. The summed E-state index contributed by atoms with van der Waals surface area (Å²) in [6.45, 7) is 4.06. The Kier molecular flexibility index (Phi) is 5.34. The molecule has 0 atom stereocenters. The first kappa shape index (κ1) is 10.9. The average molecular weight is 290 g/mol. The Morgan fingerprint density at radius 3 is 2.85 bits per heavy atom. The van der Waals surface area contributed by atoms with E-state index in [1.54, 1.807) is 0 Å². The largest absolute Gasteiger partial charge is 0.258 e. The molecule has 1 aromatic carbocycles. The van der Waals surface area contributed by atoms with Gasteiger partial charge in [0.15, 0.2) is 0 Å². The predicted octanol–water partition coefficient (Wildman–Crippen LogP) is 2.30. The molecule has 0 heterocycles. The number of rotatable bonds is 5. The summed E-state index contributed by atoms with van der Waals surface area (Å²) in [5, 5.41) is 0. The van der Waals surface area contributed by atoms with Crippen LogP contribution in [0, 0.1) is 3.57 Å². The Balaban J connectivity index is 2.28. The molecule has 1 rings (SSSR count). The second-order valence-corrected chi connectivity index (χ2v) is 4.16. The first-order chi connectivity index (χ1) is 6.33. The normalized spacial score (nSPS) is 10.3. The van der Waals surface area contributed by atoms with Crippen molar-refractivity contribution >= 4 is 22.6 Å². The summed E-state index contributed by atoms with van der Waals surface area (Å²) in [7, 11) is 0. The molecule has 0 saturated carbocycles. The van der Waals surface area contributed by atoms with Gasteiger partial charge >= 0.3 is 0 Å². The monoisotopic (exact) mass is 290 g/mol. The number of nitrogens with one attached hydrogen (secondary N) is 2. The van der Waals surface area contributed by atoms with Crippen molar-refractivity contribution in [3.8, 4) is 0 Å². The third kappa shape index (κ3) is 4.59. The van der Waals surface area contributed by atoms with Crippen LogP contribution in [0.3, 0.4) is 0 Å². The third-order valence-corrected chi connectivity index (χ3v) is 2.35. The lowest BCUT2D eigenvalue weighted by Gasteiger charge is -2.05. The standard InChI is InChI=1S/C10H15IN2/c1-2-6-12-13-8-9-4-3-5-10(11)7-9/h3-5,7,12-13H,2,6,8H2,1H3. The van der Waals surface area contributed by atoms with Gasteiger partial charge in [0.1, 0.15) is 0 Å². The van der Waals surface area contributed by atoms with Gasteiger partial charge in [-0.05, 0) is 46.7 Å². The Bertz CT molecular complexity index is 250. The van der Waals surface area contributed by atoms with E-state index in [0.717, 1.165) is 19.5 Å². The lowest BCUT2D eigenvalue weighted by atomic mass is 10.2. The van der Waals surface area contributed by atoms with E-state index in [-0.39, 0.29) is 0 Å². The summed E-state index contributed by atoms with van der Waals surface area (Å²) < 4.78 is 1.28. The molecule has 0 radical (unpaired) electrons. The molecule has 2 nitrogen and oxygen atoms in total. The van der Waals surface area contributed by atoms with E-state index < -0.39 is 0 Å². The Labute approximate surface area is 93.2 Å². The summed E-state index contributed by atoms with van der Waals surface area (Å²) in [5.74, 6) is 0.